The van der Waals surface area contributed by atoms with Gasteiger partial charge in [-0.05, 0) is 37.4 Å². The summed E-state index contributed by atoms with van der Waals surface area (Å²) in [5, 5.41) is 3.54. The Morgan fingerprint density at radius 1 is 1.58 bits per heavy atom. The van der Waals surface area contributed by atoms with Gasteiger partial charge in [0.25, 0.3) is 5.91 Å². The minimum atomic E-state index is 0.102. The van der Waals surface area contributed by atoms with E-state index in [1.54, 1.807) is 12.4 Å². The summed E-state index contributed by atoms with van der Waals surface area (Å²) in [7, 11) is 0. The largest absolute Gasteiger partial charge is 0.337 e. The second kappa shape index (κ2) is 6.66. The van der Waals surface area contributed by atoms with Gasteiger partial charge >= 0.3 is 0 Å². The van der Waals surface area contributed by atoms with Crippen molar-refractivity contribution >= 4 is 5.91 Å². The number of nitrogens with one attached hydrogen (secondary N) is 1. The van der Waals surface area contributed by atoms with Gasteiger partial charge in [-0.25, -0.2) is 0 Å². The lowest BCUT2D eigenvalue weighted by atomic mass is 10.0. The number of carbonyl (C=O) groups excluding carboxylic acids is 1. The zero-order valence-electron chi connectivity index (χ0n) is 11.8. The van der Waals surface area contributed by atoms with Gasteiger partial charge in [0.05, 0.1) is 5.56 Å². The molecule has 1 aromatic heterocycles. The number of amides is 1. The summed E-state index contributed by atoms with van der Waals surface area (Å²) in [5.41, 5.74) is 0.688. The third-order valence-corrected chi connectivity index (χ3v) is 3.43. The third kappa shape index (κ3) is 4.03. The summed E-state index contributed by atoms with van der Waals surface area (Å²) in [5.74, 6) is 0.747. The molecule has 0 aromatic carbocycles. The van der Waals surface area contributed by atoms with Crippen LogP contribution in [0.25, 0.3) is 0 Å². The highest BCUT2D eigenvalue weighted by atomic mass is 16.2. The smallest absolute Gasteiger partial charge is 0.255 e. The van der Waals surface area contributed by atoms with E-state index in [4.69, 9.17) is 0 Å². The van der Waals surface area contributed by atoms with Gasteiger partial charge in [0.15, 0.2) is 0 Å². The van der Waals surface area contributed by atoms with E-state index in [-0.39, 0.29) is 5.91 Å². The van der Waals surface area contributed by atoms with E-state index in [1.165, 1.54) is 0 Å². The van der Waals surface area contributed by atoms with Crippen LogP contribution in [0, 0.1) is 5.92 Å². The Hall–Kier alpha value is -1.42. The van der Waals surface area contributed by atoms with E-state index >= 15 is 0 Å². The second-order valence-electron chi connectivity index (χ2n) is 5.63. The molecular formula is C15H23N3O. The topological polar surface area (TPSA) is 45.2 Å². The molecule has 4 heteroatoms. The quantitative estimate of drug-likeness (QED) is 0.904. The molecule has 19 heavy (non-hydrogen) atoms. The fourth-order valence-corrected chi connectivity index (χ4v) is 2.58. The number of hydrogen-bond acceptors (Lipinski definition) is 3. The van der Waals surface area contributed by atoms with E-state index in [1.807, 2.05) is 17.0 Å². The lowest BCUT2D eigenvalue weighted by Gasteiger charge is -2.25. The van der Waals surface area contributed by atoms with Gasteiger partial charge in [0.1, 0.15) is 0 Å². The van der Waals surface area contributed by atoms with Crippen molar-refractivity contribution in [3.63, 3.8) is 0 Å². The normalized spacial score (nSPS) is 20.4. The predicted octanol–water partition coefficient (Wildman–Crippen LogP) is 1.93. The highest BCUT2D eigenvalue weighted by molar-refractivity contribution is 5.93. The Morgan fingerprint density at radius 2 is 2.42 bits per heavy atom. The molecule has 1 aliphatic rings. The number of aromatic nitrogens is 1. The van der Waals surface area contributed by atoms with Gasteiger partial charge in [0, 0.05) is 31.5 Å². The van der Waals surface area contributed by atoms with Gasteiger partial charge in [-0.1, -0.05) is 13.8 Å². The Morgan fingerprint density at radius 3 is 3.11 bits per heavy atom. The second-order valence-corrected chi connectivity index (χ2v) is 5.63. The number of nitrogens with zero attached hydrogens (tertiary/aromatic N) is 2. The third-order valence-electron chi connectivity index (χ3n) is 3.43. The maximum Gasteiger partial charge on any atom is 0.255 e. The number of rotatable bonds is 3. The summed E-state index contributed by atoms with van der Waals surface area (Å²) in [4.78, 5) is 18.4. The molecule has 4 nitrogen and oxygen atoms in total. The highest BCUT2D eigenvalue weighted by Gasteiger charge is 2.23. The Balaban J connectivity index is 2.03. The van der Waals surface area contributed by atoms with Crippen molar-refractivity contribution in [2.24, 2.45) is 5.92 Å². The molecule has 0 radical (unpaired) electrons. The standard InChI is InChI=1S/C15H23N3O/c1-12(2)9-14-11-18(8-4-7-17-14)15(19)13-5-3-6-16-10-13/h3,5-6,10,12,14,17H,4,7-9,11H2,1-2H3. The van der Waals surface area contributed by atoms with Gasteiger partial charge in [-0.15, -0.1) is 0 Å². The summed E-state index contributed by atoms with van der Waals surface area (Å²) < 4.78 is 0. The maximum atomic E-state index is 12.4. The van der Waals surface area contributed by atoms with Crippen molar-refractivity contribution in [2.75, 3.05) is 19.6 Å². The predicted molar refractivity (Wildman–Crippen MR) is 76.0 cm³/mol. The molecule has 1 amide bonds. The summed E-state index contributed by atoms with van der Waals surface area (Å²) >= 11 is 0. The molecule has 1 saturated heterocycles. The first-order chi connectivity index (χ1) is 9.16. The average molecular weight is 261 g/mol. The van der Waals surface area contributed by atoms with E-state index in [9.17, 15) is 4.79 Å². The maximum absolute atomic E-state index is 12.4. The molecule has 1 fully saturated rings. The first-order valence-electron chi connectivity index (χ1n) is 7.09. The zero-order valence-corrected chi connectivity index (χ0v) is 11.8. The number of hydrogen-bond donors (Lipinski definition) is 1. The summed E-state index contributed by atoms with van der Waals surface area (Å²) in [6.07, 6.45) is 5.47. The van der Waals surface area contributed by atoms with Crippen molar-refractivity contribution in [1.29, 1.82) is 0 Å². The van der Waals surface area contributed by atoms with Crippen LogP contribution in [0.2, 0.25) is 0 Å². The van der Waals surface area contributed by atoms with Crippen LogP contribution in [0.5, 0.6) is 0 Å². The van der Waals surface area contributed by atoms with Crippen molar-refractivity contribution in [2.45, 2.75) is 32.7 Å². The van der Waals surface area contributed by atoms with Crippen molar-refractivity contribution in [1.82, 2.24) is 15.2 Å². The summed E-state index contributed by atoms with van der Waals surface area (Å²) in [6.45, 7) is 7.06. The molecule has 1 aliphatic heterocycles. The SMILES string of the molecule is CC(C)CC1CN(C(=O)c2cccnc2)CCCN1. The zero-order chi connectivity index (χ0) is 13.7. The fraction of sp³-hybridized carbons (Fsp3) is 0.600. The molecule has 1 N–H and O–H groups in total. The van der Waals surface area contributed by atoms with Crippen LogP contribution >= 0.6 is 0 Å². The first-order valence-corrected chi connectivity index (χ1v) is 7.09. The molecule has 0 saturated carbocycles. The molecule has 2 heterocycles. The molecule has 1 aromatic rings. The lowest BCUT2D eigenvalue weighted by molar-refractivity contribution is 0.0749. The Kier molecular flexibility index (Phi) is 4.91. The molecule has 1 atom stereocenters. The highest BCUT2D eigenvalue weighted by Crippen LogP contribution is 2.12. The Bertz CT molecular complexity index is 405. The molecular weight excluding hydrogens is 238 g/mol. The van der Waals surface area contributed by atoms with Crippen LogP contribution in [0.15, 0.2) is 24.5 Å². The van der Waals surface area contributed by atoms with Crippen LogP contribution in [0.3, 0.4) is 0 Å². The summed E-state index contributed by atoms with van der Waals surface area (Å²) in [6, 6.07) is 4.06. The van der Waals surface area contributed by atoms with E-state index < -0.39 is 0 Å². The minimum absolute atomic E-state index is 0.102. The van der Waals surface area contributed by atoms with Crippen LogP contribution in [0.4, 0.5) is 0 Å². The van der Waals surface area contributed by atoms with Gasteiger partial charge in [-0.2, -0.15) is 0 Å². The molecule has 1 unspecified atom stereocenters. The van der Waals surface area contributed by atoms with Crippen molar-refractivity contribution < 1.29 is 4.79 Å². The van der Waals surface area contributed by atoms with Crippen molar-refractivity contribution in [3.05, 3.63) is 30.1 Å². The van der Waals surface area contributed by atoms with Crippen molar-refractivity contribution in [3.8, 4) is 0 Å². The van der Waals surface area contributed by atoms with Gasteiger partial charge in [0.2, 0.25) is 0 Å². The molecule has 0 spiro atoms. The minimum Gasteiger partial charge on any atom is -0.337 e. The lowest BCUT2D eigenvalue weighted by Crippen LogP contribution is -2.41. The molecule has 2 rings (SSSR count). The average Bonchev–Trinajstić information content (AvgIpc) is 2.64. The van der Waals surface area contributed by atoms with E-state index in [0.717, 1.165) is 32.5 Å². The number of carbonyl (C=O) groups is 1. The van der Waals surface area contributed by atoms with E-state index in [2.05, 4.69) is 24.1 Å². The van der Waals surface area contributed by atoms with Crippen LogP contribution in [-0.2, 0) is 0 Å². The van der Waals surface area contributed by atoms with E-state index in [0.29, 0.717) is 17.5 Å². The van der Waals surface area contributed by atoms with Gasteiger partial charge < -0.3 is 10.2 Å². The molecule has 104 valence electrons. The Labute approximate surface area is 115 Å². The molecule has 0 bridgehead atoms. The van der Waals surface area contributed by atoms with Crippen LogP contribution in [-0.4, -0.2) is 41.5 Å². The number of pyridine rings is 1. The fourth-order valence-electron chi connectivity index (χ4n) is 2.58. The van der Waals surface area contributed by atoms with Gasteiger partial charge in [-0.3, -0.25) is 9.78 Å². The first kappa shape index (κ1) is 14.0. The van der Waals surface area contributed by atoms with Crippen LogP contribution in [0.1, 0.15) is 37.0 Å². The monoisotopic (exact) mass is 261 g/mol. The van der Waals surface area contributed by atoms with Crippen LogP contribution < -0.4 is 5.32 Å². The molecule has 0 aliphatic carbocycles.